The van der Waals surface area contributed by atoms with Crippen molar-refractivity contribution in [2.75, 3.05) is 6.54 Å². The van der Waals surface area contributed by atoms with Crippen LogP contribution in [0.5, 0.6) is 5.75 Å². The molecular formula is C23H22ClN3O2. The van der Waals surface area contributed by atoms with Crippen molar-refractivity contribution in [2.24, 2.45) is 0 Å². The molecule has 1 aliphatic heterocycles. The Bertz CT molecular complexity index is 1070. The number of fused-ring (bicyclic) bond motifs is 1. The van der Waals surface area contributed by atoms with Crippen LogP contribution in [0.15, 0.2) is 48.7 Å². The van der Waals surface area contributed by atoms with Gasteiger partial charge >= 0.3 is 0 Å². The fraction of sp³-hybridized carbons (Fsp3) is 0.261. The first-order valence-corrected chi connectivity index (χ1v) is 9.97. The second-order valence-corrected chi connectivity index (χ2v) is 7.76. The number of rotatable bonds is 5. The predicted octanol–water partition coefficient (Wildman–Crippen LogP) is 4.08. The standard InChI is InChI=1S/C23H22ClN3O2/c1-14-12-25-15(2)23(27-14)17-6-7-21-18(10-17)11-20(29-21)13-26-22(28)9-16-4-3-5-19(24)8-16/h3-8,10,12,20H,9,11,13H2,1-2H3,(H,26,28)/t20-/m1/s1. The summed E-state index contributed by atoms with van der Waals surface area (Å²) in [6.07, 6.45) is 2.75. The SMILES string of the molecule is Cc1cnc(C)c(-c2ccc3c(c2)C[C@H](CNC(=O)Cc2cccc(Cl)c2)O3)n1. The highest BCUT2D eigenvalue weighted by atomic mass is 35.5. The van der Waals surface area contributed by atoms with E-state index in [0.29, 0.717) is 18.0 Å². The van der Waals surface area contributed by atoms with Crippen molar-refractivity contribution < 1.29 is 9.53 Å². The molecule has 6 heteroatoms. The number of carbonyl (C=O) groups excluding carboxylic acids is 1. The van der Waals surface area contributed by atoms with Crippen LogP contribution < -0.4 is 10.1 Å². The van der Waals surface area contributed by atoms with E-state index in [9.17, 15) is 4.79 Å². The van der Waals surface area contributed by atoms with E-state index < -0.39 is 0 Å². The molecule has 0 unspecified atom stereocenters. The van der Waals surface area contributed by atoms with Crippen LogP contribution in [-0.4, -0.2) is 28.5 Å². The molecule has 0 aliphatic carbocycles. The Labute approximate surface area is 175 Å². The number of nitrogens with zero attached hydrogens (tertiary/aromatic N) is 2. The average molecular weight is 408 g/mol. The van der Waals surface area contributed by atoms with E-state index >= 15 is 0 Å². The normalized spacial score (nSPS) is 14.9. The lowest BCUT2D eigenvalue weighted by atomic mass is 10.0. The third-order valence-electron chi connectivity index (χ3n) is 4.93. The molecule has 29 heavy (non-hydrogen) atoms. The predicted molar refractivity (Wildman–Crippen MR) is 113 cm³/mol. The monoisotopic (exact) mass is 407 g/mol. The first kappa shape index (κ1) is 19.4. The zero-order chi connectivity index (χ0) is 20.4. The molecule has 0 saturated heterocycles. The molecule has 3 aromatic rings. The summed E-state index contributed by atoms with van der Waals surface area (Å²) in [5.74, 6) is 0.819. The maximum Gasteiger partial charge on any atom is 0.224 e. The van der Waals surface area contributed by atoms with E-state index in [1.807, 2.05) is 38.1 Å². The summed E-state index contributed by atoms with van der Waals surface area (Å²) >= 11 is 5.98. The maximum atomic E-state index is 12.2. The van der Waals surface area contributed by atoms with Gasteiger partial charge in [0.1, 0.15) is 11.9 Å². The third kappa shape index (κ3) is 4.57. The van der Waals surface area contributed by atoms with Crippen molar-refractivity contribution >= 4 is 17.5 Å². The summed E-state index contributed by atoms with van der Waals surface area (Å²) < 4.78 is 6.00. The van der Waals surface area contributed by atoms with Crippen LogP contribution in [0.4, 0.5) is 0 Å². The quantitative estimate of drug-likeness (QED) is 0.692. The second kappa shape index (κ2) is 8.21. The minimum absolute atomic E-state index is 0.0434. The van der Waals surface area contributed by atoms with Crippen LogP contribution >= 0.6 is 11.6 Å². The number of benzene rings is 2. The number of hydrogen-bond acceptors (Lipinski definition) is 4. The van der Waals surface area contributed by atoms with Crippen LogP contribution in [0.25, 0.3) is 11.3 Å². The van der Waals surface area contributed by atoms with Crippen LogP contribution in [-0.2, 0) is 17.6 Å². The van der Waals surface area contributed by atoms with Gasteiger partial charge in [-0.15, -0.1) is 0 Å². The molecule has 4 rings (SSSR count). The topological polar surface area (TPSA) is 64.1 Å². The first-order chi connectivity index (χ1) is 14.0. The number of nitrogens with one attached hydrogen (secondary N) is 1. The molecule has 0 spiro atoms. The number of hydrogen-bond donors (Lipinski definition) is 1. The smallest absolute Gasteiger partial charge is 0.224 e. The summed E-state index contributed by atoms with van der Waals surface area (Å²) in [4.78, 5) is 21.3. The molecule has 1 atom stereocenters. The summed E-state index contributed by atoms with van der Waals surface area (Å²) in [5, 5.41) is 3.59. The molecule has 0 fully saturated rings. The molecule has 0 saturated carbocycles. The Morgan fingerprint density at radius 1 is 1.24 bits per heavy atom. The number of halogens is 1. The fourth-order valence-electron chi connectivity index (χ4n) is 3.52. The van der Waals surface area contributed by atoms with Crippen molar-refractivity contribution in [1.29, 1.82) is 0 Å². The van der Waals surface area contributed by atoms with E-state index in [2.05, 4.69) is 21.4 Å². The Balaban J connectivity index is 1.38. The highest BCUT2D eigenvalue weighted by Crippen LogP contribution is 2.33. The lowest BCUT2D eigenvalue weighted by molar-refractivity contribution is -0.120. The minimum Gasteiger partial charge on any atom is -0.488 e. The zero-order valence-corrected chi connectivity index (χ0v) is 17.2. The van der Waals surface area contributed by atoms with Crippen molar-refractivity contribution in [3.63, 3.8) is 0 Å². The van der Waals surface area contributed by atoms with Crippen molar-refractivity contribution in [1.82, 2.24) is 15.3 Å². The summed E-state index contributed by atoms with van der Waals surface area (Å²) in [7, 11) is 0. The highest BCUT2D eigenvalue weighted by molar-refractivity contribution is 6.30. The van der Waals surface area contributed by atoms with Crippen LogP contribution in [0, 0.1) is 13.8 Å². The largest absolute Gasteiger partial charge is 0.488 e. The van der Waals surface area contributed by atoms with Gasteiger partial charge in [0, 0.05) is 23.2 Å². The molecule has 148 valence electrons. The van der Waals surface area contributed by atoms with Gasteiger partial charge in [-0.1, -0.05) is 23.7 Å². The van der Waals surface area contributed by atoms with E-state index in [4.69, 9.17) is 16.3 Å². The van der Waals surface area contributed by atoms with Crippen LogP contribution in [0.2, 0.25) is 5.02 Å². The van der Waals surface area contributed by atoms with Crippen LogP contribution in [0.1, 0.15) is 22.5 Å². The Morgan fingerprint density at radius 3 is 2.93 bits per heavy atom. The molecule has 0 radical (unpaired) electrons. The van der Waals surface area contributed by atoms with Crippen molar-refractivity contribution in [3.05, 3.63) is 76.2 Å². The van der Waals surface area contributed by atoms with Gasteiger partial charge in [-0.25, -0.2) is 4.98 Å². The third-order valence-corrected chi connectivity index (χ3v) is 5.17. The Kier molecular flexibility index (Phi) is 5.49. The molecule has 1 aromatic heterocycles. The van der Waals surface area contributed by atoms with Gasteiger partial charge in [-0.3, -0.25) is 9.78 Å². The molecule has 1 amide bonds. The number of aromatic nitrogens is 2. The van der Waals surface area contributed by atoms with Gasteiger partial charge in [0.25, 0.3) is 0 Å². The Morgan fingerprint density at radius 2 is 2.10 bits per heavy atom. The Hall–Kier alpha value is -2.92. The first-order valence-electron chi connectivity index (χ1n) is 9.59. The van der Waals surface area contributed by atoms with Crippen molar-refractivity contribution in [2.45, 2.75) is 32.8 Å². The lowest BCUT2D eigenvalue weighted by Crippen LogP contribution is -2.35. The maximum absolute atomic E-state index is 12.2. The van der Waals surface area contributed by atoms with Crippen molar-refractivity contribution in [3.8, 4) is 17.0 Å². The van der Waals surface area contributed by atoms with Gasteiger partial charge in [-0.05, 0) is 55.3 Å². The van der Waals surface area contributed by atoms with E-state index in [1.54, 1.807) is 18.3 Å². The zero-order valence-electron chi connectivity index (χ0n) is 16.4. The van der Waals surface area contributed by atoms with Gasteiger partial charge < -0.3 is 10.1 Å². The summed E-state index contributed by atoms with van der Waals surface area (Å²) in [6, 6.07) is 13.4. The summed E-state index contributed by atoms with van der Waals surface area (Å²) in [6.45, 7) is 4.37. The van der Waals surface area contributed by atoms with E-state index in [1.165, 1.54) is 0 Å². The van der Waals surface area contributed by atoms with E-state index in [-0.39, 0.29) is 12.0 Å². The number of ether oxygens (including phenoxy) is 1. The second-order valence-electron chi connectivity index (χ2n) is 7.32. The molecule has 0 bridgehead atoms. The average Bonchev–Trinajstić information content (AvgIpc) is 3.10. The van der Waals surface area contributed by atoms with E-state index in [0.717, 1.165) is 45.9 Å². The van der Waals surface area contributed by atoms with Gasteiger partial charge in [0.15, 0.2) is 0 Å². The molecule has 5 nitrogen and oxygen atoms in total. The van der Waals surface area contributed by atoms with Gasteiger partial charge in [-0.2, -0.15) is 0 Å². The molecule has 2 heterocycles. The molecule has 1 N–H and O–H groups in total. The van der Waals surface area contributed by atoms with Gasteiger partial charge in [0.2, 0.25) is 5.91 Å². The molecule has 2 aromatic carbocycles. The molecular weight excluding hydrogens is 386 g/mol. The molecule has 1 aliphatic rings. The lowest BCUT2D eigenvalue weighted by Gasteiger charge is -2.12. The van der Waals surface area contributed by atoms with Gasteiger partial charge in [0.05, 0.1) is 30.0 Å². The summed E-state index contributed by atoms with van der Waals surface area (Å²) in [5.41, 5.74) is 5.74. The number of aryl methyl sites for hydroxylation is 2. The van der Waals surface area contributed by atoms with Crippen LogP contribution in [0.3, 0.4) is 0 Å². The highest BCUT2D eigenvalue weighted by Gasteiger charge is 2.24. The minimum atomic E-state index is -0.0757. The number of amides is 1. The fourth-order valence-corrected chi connectivity index (χ4v) is 3.73. The number of carbonyl (C=O) groups is 1.